The van der Waals surface area contributed by atoms with Crippen LogP contribution < -0.4 is 20.5 Å². The van der Waals surface area contributed by atoms with Crippen LogP contribution in [0.25, 0.3) is 0 Å². The van der Waals surface area contributed by atoms with E-state index in [-0.39, 0.29) is 0 Å². The van der Waals surface area contributed by atoms with Gasteiger partial charge in [-0.1, -0.05) is 0 Å². The van der Waals surface area contributed by atoms with Gasteiger partial charge in [0.05, 0.1) is 0 Å². The summed E-state index contributed by atoms with van der Waals surface area (Å²) in [7, 11) is 0. The van der Waals surface area contributed by atoms with Crippen LogP contribution in [0.15, 0.2) is 24.3 Å². The number of anilines is 1. The minimum Gasteiger partial charge on any atom is -0.507 e. The lowest BCUT2D eigenvalue weighted by molar-refractivity contribution is 0.0166. The number of phenolic OH excluding ortho intramolecular Hbond substituents is 1. The fourth-order valence-corrected chi connectivity index (χ4v) is 3.41. The standard InChI is InChI=1S/C21H26N2O4/c1-12-13(2)19-17(14(3)18(12)24)9-10-21(4,27-19)11-26-16-7-5-15(6-8-16)23-20(22)25/h5-8,24H,9-11H2,1-4H3,(H3,22,23,25). The monoisotopic (exact) mass is 370 g/mol. The number of carbonyl (C=O) groups excluding carboxylic acids is 1. The molecular formula is C21H26N2O4. The predicted octanol–water partition coefficient (Wildman–Crippen LogP) is 3.97. The summed E-state index contributed by atoms with van der Waals surface area (Å²) in [6.07, 6.45) is 1.63. The van der Waals surface area contributed by atoms with Crippen molar-refractivity contribution in [2.45, 2.75) is 46.1 Å². The van der Waals surface area contributed by atoms with Crippen LogP contribution in [-0.2, 0) is 6.42 Å². The number of hydrogen-bond acceptors (Lipinski definition) is 4. The van der Waals surface area contributed by atoms with Crippen LogP contribution in [-0.4, -0.2) is 23.3 Å². The van der Waals surface area contributed by atoms with E-state index >= 15 is 0 Å². The third-order valence-corrected chi connectivity index (χ3v) is 5.26. The predicted molar refractivity (Wildman–Crippen MR) is 105 cm³/mol. The molecule has 0 radical (unpaired) electrons. The molecule has 1 atom stereocenters. The first-order valence-electron chi connectivity index (χ1n) is 9.00. The summed E-state index contributed by atoms with van der Waals surface area (Å²) in [5, 5.41) is 12.8. The Kier molecular flexibility index (Phi) is 4.91. The first kappa shape index (κ1) is 18.9. The molecule has 0 saturated heterocycles. The summed E-state index contributed by atoms with van der Waals surface area (Å²) < 4.78 is 12.3. The Labute approximate surface area is 159 Å². The number of aromatic hydroxyl groups is 1. The first-order valence-corrected chi connectivity index (χ1v) is 9.00. The van der Waals surface area contributed by atoms with Crippen LogP contribution in [0, 0.1) is 20.8 Å². The van der Waals surface area contributed by atoms with Gasteiger partial charge in [0.1, 0.15) is 29.5 Å². The van der Waals surface area contributed by atoms with E-state index in [0.717, 1.165) is 40.8 Å². The maximum absolute atomic E-state index is 10.9. The fourth-order valence-electron chi connectivity index (χ4n) is 3.41. The Morgan fingerprint density at radius 3 is 2.52 bits per heavy atom. The van der Waals surface area contributed by atoms with Gasteiger partial charge in [-0.25, -0.2) is 4.79 Å². The molecule has 1 unspecified atom stereocenters. The van der Waals surface area contributed by atoms with E-state index in [1.807, 2.05) is 27.7 Å². The van der Waals surface area contributed by atoms with Crippen molar-refractivity contribution in [2.75, 3.05) is 11.9 Å². The molecule has 1 aliphatic heterocycles. The molecule has 4 N–H and O–H groups in total. The zero-order valence-electron chi connectivity index (χ0n) is 16.2. The lowest BCUT2D eigenvalue weighted by Gasteiger charge is -2.37. The van der Waals surface area contributed by atoms with Crippen molar-refractivity contribution in [3.05, 3.63) is 46.5 Å². The Morgan fingerprint density at radius 2 is 1.89 bits per heavy atom. The number of urea groups is 1. The van der Waals surface area contributed by atoms with Gasteiger partial charge in [-0.2, -0.15) is 0 Å². The maximum atomic E-state index is 10.9. The number of fused-ring (bicyclic) bond motifs is 1. The number of carbonyl (C=O) groups is 1. The number of phenols is 1. The van der Waals surface area contributed by atoms with Crippen molar-refractivity contribution in [1.82, 2.24) is 0 Å². The third kappa shape index (κ3) is 3.79. The molecule has 0 saturated carbocycles. The van der Waals surface area contributed by atoms with Crippen LogP contribution in [0.1, 0.15) is 35.6 Å². The van der Waals surface area contributed by atoms with E-state index in [4.69, 9.17) is 15.2 Å². The van der Waals surface area contributed by atoms with Crippen molar-refractivity contribution in [3.8, 4) is 17.2 Å². The zero-order valence-corrected chi connectivity index (χ0v) is 16.2. The summed E-state index contributed by atoms with van der Waals surface area (Å²) >= 11 is 0. The van der Waals surface area contributed by atoms with Gasteiger partial charge in [0.2, 0.25) is 0 Å². The summed E-state index contributed by atoms with van der Waals surface area (Å²) in [4.78, 5) is 10.9. The highest BCUT2D eigenvalue weighted by molar-refractivity contribution is 5.87. The highest BCUT2D eigenvalue weighted by atomic mass is 16.5. The van der Waals surface area contributed by atoms with Crippen molar-refractivity contribution in [2.24, 2.45) is 5.73 Å². The quantitative estimate of drug-likeness (QED) is 0.759. The fraction of sp³-hybridized carbons (Fsp3) is 0.381. The number of ether oxygens (including phenoxy) is 2. The van der Waals surface area contributed by atoms with Crippen molar-refractivity contribution >= 4 is 11.7 Å². The molecular weight excluding hydrogens is 344 g/mol. The molecule has 144 valence electrons. The van der Waals surface area contributed by atoms with Crippen LogP contribution >= 0.6 is 0 Å². The number of hydrogen-bond donors (Lipinski definition) is 3. The Hall–Kier alpha value is -2.89. The van der Waals surface area contributed by atoms with E-state index in [2.05, 4.69) is 5.32 Å². The maximum Gasteiger partial charge on any atom is 0.316 e. The van der Waals surface area contributed by atoms with E-state index in [0.29, 0.717) is 23.8 Å². The number of nitrogens with one attached hydrogen (secondary N) is 1. The van der Waals surface area contributed by atoms with Gasteiger partial charge in [0, 0.05) is 11.3 Å². The van der Waals surface area contributed by atoms with Crippen molar-refractivity contribution in [3.63, 3.8) is 0 Å². The van der Waals surface area contributed by atoms with Crippen molar-refractivity contribution < 1.29 is 19.4 Å². The van der Waals surface area contributed by atoms with Crippen LogP contribution in [0.3, 0.4) is 0 Å². The second-order valence-electron chi connectivity index (χ2n) is 7.39. The molecule has 1 heterocycles. The summed E-state index contributed by atoms with van der Waals surface area (Å²) in [6, 6.07) is 6.43. The number of benzene rings is 2. The van der Waals surface area contributed by atoms with E-state index < -0.39 is 11.6 Å². The van der Waals surface area contributed by atoms with E-state index in [9.17, 15) is 9.90 Å². The average Bonchev–Trinajstić information content (AvgIpc) is 2.64. The van der Waals surface area contributed by atoms with Gasteiger partial charge >= 0.3 is 6.03 Å². The highest BCUT2D eigenvalue weighted by Gasteiger charge is 2.35. The Bertz CT molecular complexity index is 877. The molecule has 6 nitrogen and oxygen atoms in total. The van der Waals surface area contributed by atoms with Crippen LogP contribution in [0.2, 0.25) is 0 Å². The average molecular weight is 370 g/mol. The molecule has 6 heteroatoms. The topological polar surface area (TPSA) is 93.8 Å². The highest BCUT2D eigenvalue weighted by Crippen LogP contribution is 2.43. The molecule has 0 fully saturated rings. The molecule has 3 rings (SSSR count). The summed E-state index contributed by atoms with van der Waals surface area (Å²) in [5.41, 5.74) is 9.06. The van der Waals surface area contributed by atoms with Gasteiger partial charge in [-0.3, -0.25) is 0 Å². The smallest absolute Gasteiger partial charge is 0.316 e. The van der Waals surface area contributed by atoms with Crippen LogP contribution in [0.4, 0.5) is 10.5 Å². The van der Waals surface area contributed by atoms with E-state index in [1.165, 1.54) is 0 Å². The minimum absolute atomic E-state index is 0.361. The Balaban J connectivity index is 1.73. The van der Waals surface area contributed by atoms with E-state index in [1.54, 1.807) is 24.3 Å². The van der Waals surface area contributed by atoms with Crippen molar-refractivity contribution in [1.29, 1.82) is 0 Å². The second-order valence-corrected chi connectivity index (χ2v) is 7.39. The normalized spacial score (nSPS) is 18.4. The van der Waals surface area contributed by atoms with Gasteiger partial charge in [0.15, 0.2) is 0 Å². The first-order chi connectivity index (χ1) is 12.7. The number of amides is 2. The molecule has 2 amide bonds. The van der Waals surface area contributed by atoms with Gasteiger partial charge in [-0.15, -0.1) is 0 Å². The molecule has 0 aliphatic carbocycles. The molecule has 1 aliphatic rings. The lowest BCUT2D eigenvalue weighted by atomic mass is 9.87. The SMILES string of the molecule is Cc1c(C)c2c(c(C)c1O)CCC(C)(COc1ccc(NC(N)=O)cc1)O2. The van der Waals surface area contributed by atoms with Gasteiger partial charge in [0.25, 0.3) is 0 Å². The molecule has 0 bridgehead atoms. The summed E-state index contributed by atoms with van der Waals surface area (Å²) in [6.45, 7) is 8.25. The summed E-state index contributed by atoms with van der Waals surface area (Å²) in [5.74, 6) is 1.91. The molecule has 2 aromatic rings. The molecule has 2 aromatic carbocycles. The minimum atomic E-state index is -0.600. The molecule has 0 aromatic heterocycles. The largest absolute Gasteiger partial charge is 0.507 e. The van der Waals surface area contributed by atoms with Gasteiger partial charge in [-0.05, 0) is 81.5 Å². The number of primary amides is 1. The molecule has 27 heavy (non-hydrogen) atoms. The third-order valence-electron chi connectivity index (χ3n) is 5.26. The second kappa shape index (κ2) is 7.02. The Morgan fingerprint density at radius 1 is 1.22 bits per heavy atom. The van der Waals surface area contributed by atoms with Crippen LogP contribution in [0.5, 0.6) is 17.2 Å². The molecule has 0 spiro atoms. The lowest BCUT2D eigenvalue weighted by Crippen LogP contribution is -2.42. The number of nitrogens with two attached hydrogens (primary N) is 1. The van der Waals surface area contributed by atoms with Gasteiger partial charge < -0.3 is 25.6 Å². The number of rotatable bonds is 4. The zero-order chi connectivity index (χ0) is 19.8.